The molecule has 339 valence electrons. The number of fused-ring (bicyclic) bond motifs is 2. The van der Waals surface area contributed by atoms with E-state index in [0.717, 1.165) is 22.3 Å². The van der Waals surface area contributed by atoms with Gasteiger partial charge in [-0.2, -0.15) is 60.7 Å². The number of hydrogen-bond acceptors (Lipinski definition) is 2. The summed E-state index contributed by atoms with van der Waals surface area (Å²) in [5.74, 6) is 1.81. The summed E-state index contributed by atoms with van der Waals surface area (Å²) in [4.78, 5) is 0. The molecule has 6 rings (SSSR count). The molecule has 0 fully saturated rings. The molecule has 1 radical (unpaired) electrons. The standard InChI is InChI=1S/2C13H15N.2C12H12.C3H8.C2H6BO2.CH3Br.2W/c2*1-4-7-12-10(2)11-8-5-6-9-13(11)14(12)3;2*1-3-4-8-11(2)12-9-6-5-7-10-12;1-3-2;1-2-5-3-4;1-2;;/h2*4-9H,1-3H3;2*3-7,9H,1-2H3;3H2,1-2H3;4H,2H2,1H3;1H3;;/q;;2*-2;;;;2*+2/b2*7-4-;2*4-3-;;;;;. The van der Waals surface area contributed by atoms with Crippen molar-refractivity contribution in [3.8, 4) is 0 Å². The third-order valence-corrected chi connectivity index (χ3v) is 8.88. The molecule has 0 unspecified atom stereocenters. The fourth-order valence-corrected chi connectivity index (χ4v) is 5.89. The van der Waals surface area contributed by atoms with Crippen molar-refractivity contribution in [2.45, 2.75) is 82.6 Å². The molecule has 0 saturated carbocycles. The van der Waals surface area contributed by atoms with Crippen LogP contribution in [0, 0.1) is 38.1 Å². The summed E-state index contributed by atoms with van der Waals surface area (Å²) in [7, 11) is 4.91. The maximum atomic E-state index is 7.72. The van der Waals surface area contributed by atoms with Crippen molar-refractivity contribution >= 4 is 68.7 Å². The van der Waals surface area contributed by atoms with E-state index in [-0.39, 0.29) is 42.1 Å². The zero-order chi connectivity index (χ0) is 46.7. The smallest absolute Gasteiger partial charge is 0.429 e. The zero-order valence-electron chi connectivity index (χ0n) is 40.8. The van der Waals surface area contributed by atoms with Crippen LogP contribution in [0.15, 0.2) is 134 Å². The first kappa shape index (κ1) is 64.5. The Hall–Kier alpha value is -3.76. The number of allylic oxidation sites excluding steroid dienone is 10. The Labute approximate surface area is 427 Å². The zero-order valence-corrected chi connectivity index (χ0v) is 48.2. The average Bonchev–Trinajstić information content (AvgIpc) is 3.70. The van der Waals surface area contributed by atoms with Crippen LogP contribution in [0.25, 0.3) is 45.1 Å². The Morgan fingerprint density at radius 2 is 0.969 bits per heavy atom. The van der Waals surface area contributed by atoms with Crippen LogP contribution in [0.1, 0.15) is 102 Å². The number of para-hydroxylation sites is 2. The fourth-order valence-electron chi connectivity index (χ4n) is 5.89. The Balaban J connectivity index is -0.000000719. The number of alkyl halides is 1. The van der Waals surface area contributed by atoms with Crippen LogP contribution < -0.4 is 0 Å². The van der Waals surface area contributed by atoms with Gasteiger partial charge in [-0.05, 0) is 75.9 Å². The molecule has 2 heterocycles. The van der Waals surface area contributed by atoms with E-state index < -0.39 is 0 Å². The van der Waals surface area contributed by atoms with Crippen LogP contribution in [-0.2, 0) is 60.9 Å². The van der Waals surface area contributed by atoms with Crippen molar-refractivity contribution < 1.29 is 51.8 Å². The molecule has 0 spiro atoms. The molecule has 0 aliphatic carbocycles. The second-order valence-electron chi connectivity index (χ2n) is 13.5. The van der Waals surface area contributed by atoms with Gasteiger partial charge < -0.3 is 18.8 Å². The summed E-state index contributed by atoms with van der Waals surface area (Å²) >= 11 is 2.94. The van der Waals surface area contributed by atoms with E-state index in [1.807, 2.05) is 106 Å². The molecule has 4 aromatic carbocycles. The van der Waals surface area contributed by atoms with Gasteiger partial charge >= 0.3 is 49.8 Å². The minimum atomic E-state index is 0. The predicted octanol–water partition coefficient (Wildman–Crippen LogP) is 15.6. The molecule has 8 heteroatoms. The van der Waals surface area contributed by atoms with Gasteiger partial charge in [-0.1, -0.05) is 112 Å². The molecule has 0 aliphatic heterocycles. The van der Waals surface area contributed by atoms with E-state index in [1.165, 1.54) is 50.7 Å². The maximum absolute atomic E-state index is 7.72. The van der Waals surface area contributed by atoms with Gasteiger partial charge in [0.05, 0.1) is 0 Å². The number of benzene rings is 4. The molecule has 2 aromatic heterocycles. The number of hydrogen-bond donors (Lipinski definition) is 1. The van der Waals surface area contributed by atoms with Gasteiger partial charge in [0.25, 0.3) is 0 Å². The first-order valence-corrected chi connectivity index (χ1v) is 22.8. The van der Waals surface area contributed by atoms with Crippen LogP contribution in [-0.4, -0.2) is 34.3 Å². The third-order valence-electron chi connectivity index (χ3n) is 8.88. The normalized spacial score (nSPS) is 10.7. The molecule has 0 atom stereocenters. The van der Waals surface area contributed by atoms with E-state index >= 15 is 0 Å². The average molecular weight is 1260 g/mol. The molecule has 1 N–H and O–H groups in total. The molecule has 0 saturated heterocycles. The van der Waals surface area contributed by atoms with Gasteiger partial charge in [-0.25, -0.2) is 46.6 Å². The quantitative estimate of drug-likeness (QED) is 0.0714. The summed E-state index contributed by atoms with van der Waals surface area (Å²) in [6.07, 6.45) is 23.8. The van der Waals surface area contributed by atoms with Crippen LogP contribution in [0.5, 0.6) is 0 Å². The van der Waals surface area contributed by atoms with Crippen molar-refractivity contribution in [3.05, 3.63) is 191 Å². The number of rotatable bonds is 8. The van der Waals surface area contributed by atoms with E-state index in [2.05, 4.69) is 182 Å². The SMILES string of the molecule is C/C=C\[C-]=C(C)c1[c-]cccc1.C/C=C\[C-]=C(C)c1[c-]cccc1.C/C=C\c1c(C)c2ccccc2n1C.C/C=C\c1c(C)c2ccccc2n1C.CBr.CCC.CCO[B]O.[W+2].[W+2]. The van der Waals surface area contributed by atoms with Gasteiger partial charge in [-0.15, -0.1) is 12.1 Å². The number of nitrogens with zero attached hydrogens (tertiary/aromatic N) is 2. The molecular formula is C56H71BBrN2O2W2. The van der Waals surface area contributed by atoms with Crippen LogP contribution in [0.2, 0.25) is 0 Å². The molecule has 0 aliphatic rings. The first-order chi connectivity index (χ1) is 30.0. The fraction of sp³-hybridized carbons (Fsp3) is 0.286. The van der Waals surface area contributed by atoms with Crippen LogP contribution in [0.4, 0.5) is 0 Å². The van der Waals surface area contributed by atoms with E-state index in [0.29, 0.717) is 14.3 Å². The van der Waals surface area contributed by atoms with Crippen LogP contribution >= 0.6 is 15.9 Å². The third kappa shape index (κ3) is 23.4. The molecule has 0 amide bonds. The second-order valence-corrected chi connectivity index (χ2v) is 13.5. The van der Waals surface area contributed by atoms with Gasteiger partial charge in [0.1, 0.15) is 0 Å². The Kier molecular flexibility index (Phi) is 41.1. The van der Waals surface area contributed by atoms with Crippen molar-refractivity contribution in [3.63, 3.8) is 0 Å². The number of halogens is 1. The minimum absolute atomic E-state index is 0. The minimum Gasteiger partial charge on any atom is -0.429 e. The van der Waals surface area contributed by atoms with Crippen LogP contribution in [0.3, 0.4) is 0 Å². The molecule has 64 heavy (non-hydrogen) atoms. The second kappa shape index (κ2) is 40.7. The predicted molar refractivity (Wildman–Crippen MR) is 280 cm³/mol. The maximum Gasteiger partial charge on any atom is 2.00 e. The number of aryl methyl sites for hydroxylation is 4. The Morgan fingerprint density at radius 1 is 0.625 bits per heavy atom. The van der Waals surface area contributed by atoms with Crippen molar-refractivity contribution in [1.29, 1.82) is 0 Å². The summed E-state index contributed by atoms with van der Waals surface area (Å²) in [5.41, 5.74) is 12.4. The van der Waals surface area contributed by atoms with Gasteiger partial charge in [0.15, 0.2) is 0 Å². The monoisotopic (exact) mass is 1260 g/mol. The molecule has 0 bridgehead atoms. The van der Waals surface area contributed by atoms with E-state index in [1.54, 1.807) is 6.92 Å². The van der Waals surface area contributed by atoms with Gasteiger partial charge in [-0.3, -0.25) is 0 Å². The Morgan fingerprint density at radius 3 is 1.22 bits per heavy atom. The van der Waals surface area contributed by atoms with Crippen molar-refractivity contribution in [2.24, 2.45) is 14.1 Å². The summed E-state index contributed by atoms with van der Waals surface area (Å²) in [6, 6.07) is 39.2. The summed E-state index contributed by atoms with van der Waals surface area (Å²) < 4.78 is 8.75. The summed E-state index contributed by atoms with van der Waals surface area (Å²) in [5, 5.41) is 10.4. The Bertz CT molecular complexity index is 2030. The first-order valence-electron chi connectivity index (χ1n) is 21.2. The number of aromatic nitrogens is 2. The van der Waals surface area contributed by atoms with Crippen molar-refractivity contribution in [1.82, 2.24) is 9.13 Å². The molecule has 4 nitrogen and oxygen atoms in total. The topological polar surface area (TPSA) is 39.3 Å². The van der Waals surface area contributed by atoms with E-state index in [9.17, 15) is 0 Å². The summed E-state index contributed by atoms with van der Waals surface area (Å²) in [6.45, 7) is 23.1. The molecular weight excluding hydrogens is 1190 g/mol. The van der Waals surface area contributed by atoms with Gasteiger partial charge in [0.2, 0.25) is 0 Å². The largest absolute Gasteiger partial charge is 2.00 e. The molecule has 6 aromatic rings. The van der Waals surface area contributed by atoms with Crippen molar-refractivity contribution in [2.75, 3.05) is 12.4 Å². The van der Waals surface area contributed by atoms with E-state index in [4.69, 9.17) is 5.02 Å². The van der Waals surface area contributed by atoms with Gasteiger partial charge in [0, 0.05) is 53.9 Å².